The molecule has 5 nitrogen and oxygen atoms in total. The number of aromatic nitrogens is 4. The molecule has 0 spiro atoms. The van der Waals surface area contributed by atoms with Crippen molar-refractivity contribution < 1.29 is 4.74 Å². The summed E-state index contributed by atoms with van der Waals surface area (Å²) in [6.45, 7) is 20.2. The van der Waals surface area contributed by atoms with Gasteiger partial charge in [0.1, 0.15) is 17.3 Å². The zero-order valence-corrected chi connectivity index (χ0v) is 30.9. The van der Waals surface area contributed by atoms with Gasteiger partial charge >= 0.3 is 0 Å². The first-order valence-electron chi connectivity index (χ1n) is 17.8. The topological polar surface area (TPSA) is 44.9 Å². The molecule has 0 atom stereocenters. The van der Waals surface area contributed by atoms with Gasteiger partial charge in [-0.3, -0.25) is 4.57 Å². The Balaban J connectivity index is 1.27. The van der Waals surface area contributed by atoms with E-state index in [0.29, 0.717) is 5.92 Å². The second kappa shape index (κ2) is 12.9. The maximum Gasteiger partial charge on any atom is 0.137 e. The fraction of sp³-hybridized carbons (Fsp3) is 0.289. The highest BCUT2D eigenvalue weighted by Gasteiger charge is 2.23. The van der Waals surface area contributed by atoms with E-state index in [-0.39, 0.29) is 5.41 Å². The number of pyridine rings is 1. The number of para-hydroxylation sites is 1. The molecule has 0 unspecified atom stereocenters. The average molecular weight is 661 g/mol. The molecule has 0 radical (unpaired) electrons. The molecule has 7 rings (SSSR count). The maximum atomic E-state index is 6.58. The van der Waals surface area contributed by atoms with Crippen LogP contribution < -0.4 is 4.74 Å². The molecule has 3 aromatic heterocycles. The zero-order chi connectivity index (χ0) is 35.3. The van der Waals surface area contributed by atoms with Gasteiger partial charge < -0.3 is 4.74 Å². The summed E-state index contributed by atoms with van der Waals surface area (Å²) in [5.74, 6) is 3.06. The molecule has 0 aliphatic carbocycles. The zero-order valence-electron chi connectivity index (χ0n) is 30.9. The van der Waals surface area contributed by atoms with E-state index in [2.05, 4.69) is 144 Å². The van der Waals surface area contributed by atoms with Gasteiger partial charge in [0.25, 0.3) is 0 Å². The van der Waals surface area contributed by atoms with E-state index in [4.69, 9.17) is 14.8 Å². The molecule has 50 heavy (non-hydrogen) atoms. The van der Waals surface area contributed by atoms with Gasteiger partial charge in [-0.25, -0.2) is 9.67 Å². The number of hydrogen-bond donors (Lipinski definition) is 0. The predicted molar refractivity (Wildman–Crippen MR) is 208 cm³/mol. The lowest BCUT2D eigenvalue weighted by atomic mass is 9.81. The average Bonchev–Trinajstić information content (AvgIpc) is 3.55. The summed E-state index contributed by atoms with van der Waals surface area (Å²) in [4.78, 5) is 4.74. The van der Waals surface area contributed by atoms with Crippen LogP contribution in [0.5, 0.6) is 11.5 Å². The Morgan fingerprint density at radius 3 is 2.26 bits per heavy atom. The molecule has 0 aliphatic rings. The lowest BCUT2D eigenvalue weighted by Crippen LogP contribution is -2.13. The van der Waals surface area contributed by atoms with E-state index in [1.807, 2.05) is 24.4 Å². The van der Waals surface area contributed by atoms with Crippen LogP contribution >= 0.6 is 0 Å². The third kappa shape index (κ3) is 6.22. The second-order valence-corrected chi connectivity index (χ2v) is 15.3. The van der Waals surface area contributed by atoms with Gasteiger partial charge in [0.05, 0.1) is 22.4 Å². The van der Waals surface area contributed by atoms with Crippen LogP contribution in [0.15, 0.2) is 97.2 Å². The highest BCUT2D eigenvalue weighted by Crippen LogP contribution is 2.39. The van der Waals surface area contributed by atoms with Crippen LogP contribution in [-0.4, -0.2) is 19.3 Å². The first-order chi connectivity index (χ1) is 23.9. The van der Waals surface area contributed by atoms with Crippen LogP contribution in [0.3, 0.4) is 0 Å². The van der Waals surface area contributed by atoms with E-state index in [1.54, 1.807) is 0 Å². The van der Waals surface area contributed by atoms with E-state index in [0.717, 1.165) is 58.3 Å². The molecular formula is C45H48N4O. The van der Waals surface area contributed by atoms with E-state index in [1.165, 1.54) is 44.2 Å². The Morgan fingerprint density at radius 2 is 1.50 bits per heavy atom. The number of benzene rings is 4. The van der Waals surface area contributed by atoms with Crippen LogP contribution in [-0.2, 0) is 11.8 Å². The minimum absolute atomic E-state index is 0.0865. The van der Waals surface area contributed by atoms with Crippen molar-refractivity contribution in [3.63, 3.8) is 0 Å². The number of rotatable bonds is 8. The monoisotopic (exact) mass is 660 g/mol. The smallest absolute Gasteiger partial charge is 0.137 e. The summed E-state index contributed by atoms with van der Waals surface area (Å²) in [5, 5.41) is 7.48. The summed E-state index contributed by atoms with van der Waals surface area (Å²) in [6, 6.07) is 32.0. The molecule has 0 fully saturated rings. The van der Waals surface area contributed by atoms with Gasteiger partial charge in [-0.1, -0.05) is 71.0 Å². The summed E-state index contributed by atoms with van der Waals surface area (Å²) in [5.41, 5.74) is 13.3. The third-order valence-electron chi connectivity index (χ3n) is 9.89. The molecule has 254 valence electrons. The van der Waals surface area contributed by atoms with Crippen molar-refractivity contribution in [3.05, 3.63) is 131 Å². The highest BCUT2D eigenvalue weighted by atomic mass is 16.5. The second-order valence-electron chi connectivity index (χ2n) is 15.3. The number of fused-ring (bicyclic) bond motifs is 3. The molecule has 4 aromatic carbocycles. The predicted octanol–water partition coefficient (Wildman–Crippen LogP) is 11.9. The normalized spacial score (nSPS) is 12.0. The van der Waals surface area contributed by atoms with Crippen molar-refractivity contribution >= 4 is 21.8 Å². The quantitative estimate of drug-likeness (QED) is 0.163. The largest absolute Gasteiger partial charge is 0.457 e. The number of hydrogen-bond acceptors (Lipinski definition) is 3. The van der Waals surface area contributed by atoms with Crippen molar-refractivity contribution in [2.24, 2.45) is 5.92 Å². The van der Waals surface area contributed by atoms with Crippen molar-refractivity contribution in [3.8, 4) is 34.1 Å². The molecule has 3 heterocycles. The first-order valence-corrected chi connectivity index (χ1v) is 17.8. The SMILES string of the molecule is Cc1ccnc(-n2c3ccccc3c3ccc(Oc4cccc(-n5nc(C)c(-c6c(C)cc(C(C)(C)C)cc6CCC(C)C)c5C)c4)cc32)c1. The van der Waals surface area contributed by atoms with Crippen LogP contribution in [0, 0.1) is 33.6 Å². The van der Waals surface area contributed by atoms with Crippen LogP contribution in [0.1, 0.15) is 74.7 Å². The molecule has 5 heteroatoms. The third-order valence-corrected chi connectivity index (χ3v) is 9.89. The lowest BCUT2D eigenvalue weighted by molar-refractivity contribution is 0.482. The van der Waals surface area contributed by atoms with Crippen molar-refractivity contribution in [2.75, 3.05) is 0 Å². The van der Waals surface area contributed by atoms with Gasteiger partial charge in [0.15, 0.2) is 0 Å². The Hall–Kier alpha value is -5.16. The minimum Gasteiger partial charge on any atom is -0.457 e. The van der Waals surface area contributed by atoms with Gasteiger partial charge in [0, 0.05) is 40.4 Å². The molecular weight excluding hydrogens is 613 g/mol. The Kier molecular flexibility index (Phi) is 8.63. The summed E-state index contributed by atoms with van der Waals surface area (Å²) in [6.07, 6.45) is 4.07. The van der Waals surface area contributed by atoms with E-state index >= 15 is 0 Å². The Labute approximate surface area is 296 Å². The Morgan fingerprint density at radius 1 is 0.740 bits per heavy atom. The van der Waals surface area contributed by atoms with Crippen LogP contribution in [0.25, 0.3) is 44.4 Å². The molecule has 0 aliphatic heterocycles. The highest BCUT2D eigenvalue weighted by molar-refractivity contribution is 6.09. The molecule has 0 N–H and O–H groups in total. The number of ether oxygens (including phenoxy) is 1. The summed E-state index contributed by atoms with van der Waals surface area (Å²) < 4.78 is 10.9. The van der Waals surface area contributed by atoms with Crippen LogP contribution in [0.2, 0.25) is 0 Å². The van der Waals surface area contributed by atoms with Crippen molar-refractivity contribution in [2.45, 2.75) is 80.6 Å². The fourth-order valence-corrected chi connectivity index (χ4v) is 7.27. The summed E-state index contributed by atoms with van der Waals surface area (Å²) >= 11 is 0. The minimum atomic E-state index is 0.0865. The number of aryl methyl sites for hydroxylation is 4. The molecule has 0 saturated carbocycles. The summed E-state index contributed by atoms with van der Waals surface area (Å²) in [7, 11) is 0. The Bertz CT molecular complexity index is 2370. The van der Waals surface area contributed by atoms with Gasteiger partial charge in [-0.05, 0) is 122 Å². The van der Waals surface area contributed by atoms with Crippen molar-refractivity contribution in [1.29, 1.82) is 0 Å². The van der Waals surface area contributed by atoms with Crippen LogP contribution in [0.4, 0.5) is 0 Å². The van der Waals surface area contributed by atoms with Gasteiger partial charge in [0.2, 0.25) is 0 Å². The van der Waals surface area contributed by atoms with E-state index in [9.17, 15) is 0 Å². The molecule has 0 saturated heterocycles. The van der Waals surface area contributed by atoms with Crippen molar-refractivity contribution in [1.82, 2.24) is 19.3 Å². The standard InChI is InChI=1S/C45H48N4O/c1-28(2)17-18-33-25-34(45(7,8)9)24-30(4)43(33)44-31(5)47-49(32(44)6)35-13-12-14-36(26-35)50-37-19-20-39-38-15-10-11-16-40(38)48(41(39)27-37)42-23-29(3)21-22-46-42/h10-16,19-28H,17-18H2,1-9H3. The lowest BCUT2D eigenvalue weighted by Gasteiger charge is -2.24. The molecule has 0 amide bonds. The molecule has 0 bridgehead atoms. The fourth-order valence-electron chi connectivity index (χ4n) is 7.27. The first kappa shape index (κ1) is 33.3. The number of nitrogens with zero attached hydrogens (tertiary/aromatic N) is 4. The molecule has 7 aromatic rings. The van der Waals surface area contributed by atoms with Gasteiger partial charge in [-0.2, -0.15) is 5.10 Å². The van der Waals surface area contributed by atoms with Gasteiger partial charge in [-0.15, -0.1) is 0 Å². The maximum absolute atomic E-state index is 6.58. The van der Waals surface area contributed by atoms with E-state index < -0.39 is 0 Å².